The molecule has 0 saturated carbocycles. The van der Waals surface area contributed by atoms with Crippen molar-refractivity contribution in [3.8, 4) is 0 Å². The summed E-state index contributed by atoms with van der Waals surface area (Å²) in [5, 5.41) is 9.47. The fraction of sp³-hybridized carbons (Fsp3) is 0.471. The minimum absolute atomic E-state index is 0.0451. The molecule has 0 unspecified atom stereocenters. The molecule has 1 aliphatic carbocycles. The average Bonchev–Trinajstić information content (AvgIpc) is 2.85. The third-order valence-corrected chi connectivity index (χ3v) is 2.22. The molecule has 0 saturated heterocycles. The van der Waals surface area contributed by atoms with E-state index >= 15 is 0 Å². The van der Waals surface area contributed by atoms with Gasteiger partial charge >= 0.3 is 0 Å². The fourth-order valence-electron chi connectivity index (χ4n) is 1.58. The number of hydrogen-bond donors (Lipinski definition) is 1. The van der Waals surface area contributed by atoms with E-state index < -0.39 is 0 Å². The number of aliphatic hydroxyl groups is 1. The monoisotopic (exact) mass is 264 g/mol. The first-order chi connectivity index (χ1) is 9.29. The predicted octanol–water partition coefficient (Wildman–Crippen LogP) is 5.40. The van der Waals surface area contributed by atoms with Gasteiger partial charge in [-0.05, 0) is 5.56 Å². The van der Waals surface area contributed by atoms with Crippen LogP contribution < -0.4 is 0 Å². The van der Waals surface area contributed by atoms with Gasteiger partial charge < -0.3 is 5.11 Å². The molecule has 0 atom stereocenters. The van der Waals surface area contributed by atoms with Gasteiger partial charge in [-0.3, -0.25) is 4.79 Å². The van der Waals surface area contributed by atoms with Gasteiger partial charge in [0.2, 0.25) is 0 Å². The lowest BCUT2D eigenvalue weighted by Gasteiger charge is -2.00. The highest BCUT2D eigenvalue weighted by Gasteiger charge is 2.23. The Hall–Kier alpha value is -1.57. The van der Waals surface area contributed by atoms with Crippen LogP contribution in [0.1, 0.15) is 59.9 Å². The number of Topliss-reactive ketones (excluding diaryl/α,β-unsaturated/α-hetero) is 1. The molecule has 1 aromatic rings. The summed E-state index contributed by atoms with van der Waals surface area (Å²) in [4.78, 5) is 11.4. The second kappa shape index (κ2) is 12.9. The van der Waals surface area contributed by atoms with E-state index in [9.17, 15) is 9.90 Å². The highest BCUT2D eigenvalue weighted by molar-refractivity contribution is 6.23. The summed E-state index contributed by atoms with van der Waals surface area (Å²) in [5.41, 5.74) is 1.32. The van der Waals surface area contributed by atoms with Crippen LogP contribution in [0.2, 0.25) is 0 Å². The zero-order valence-electron chi connectivity index (χ0n) is 13.2. The summed E-state index contributed by atoms with van der Waals surface area (Å²) < 4.78 is 0. The van der Waals surface area contributed by atoms with Crippen molar-refractivity contribution in [2.24, 2.45) is 0 Å². The van der Waals surface area contributed by atoms with Crippen LogP contribution in [-0.4, -0.2) is 10.9 Å². The summed E-state index contributed by atoms with van der Waals surface area (Å²) >= 11 is 0. The van der Waals surface area contributed by atoms with E-state index in [4.69, 9.17) is 0 Å². The fourth-order valence-corrected chi connectivity index (χ4v) is 1.58. The van der Waals surface area contributed by atoms with Crippen LogP contribution in [0, 0.1) is 0 Å². The normalized spacial score (nSPS) is 12.4. The second-order valence-electron chi connectivity index (χ2n) is 3.11. The maximum atomic E-state index is 11.4. The van der Waals surface area contributed by atoms with Gasteiger partial charge in [-0.15, -0.1) is 0 Å². The lowest BCUT2D eigenvalue weighted by atomic mass is 10.0. The Morgan fingerprint density at radius 2 is 1.32 bits per heavy atom. The Kier molecular flexibility index (Phi) is 13.4. The summed E-state index contributed by atoms with van der Waals surface area (Å²) in [5.74, 6) is 0.278. The van der Waals surface area contributed by atoms with E-state index in [-0.39, 0.29) is 11.5 Å². The van der Waals surface area contributed by atoms with Gasteiger partial charge in [0.1, 0.15) is 5.76 Å². The number of ketones is 1. The molecule has 1 aliphatic rings. The lowest BCUT2D eigenvalue weighted by molar-refractivity contribution is -0.113. The first-order valence-electron chi connectivity index (χ1n) is 7.30. The lowest BCUT2D eigenvalue weighted by Crippen LogP contribution is -1.95. The van der Waals surface area contributed by atoms with E-state index in [0.29, 0.717) is 18.4 Å². The molecule has 0 fully saturated rings. The van der Waals surface area contributed by atoms with E-state index in [0.717, 1.165) is 5.56 Å². The largest absolute Gasteiger partial charge is 0.512 e. The molecule has 2 rings (SSSR count). The van der Waals surface area contributed by atoms with Gasteiger partial charge in [-0.2, -0.15) is 0 Å². The Balaban J connectivity index is 0. The average molecular weight is 264 g/mol. The molecule has 108 valence electrons. The van der Waals surface area contributed by atoms with Crippen molar-refractivity contribution in [2.45, 2.75) is 54.4 Å². The molecule has 0 bridgehead atoms. The topological polar surface area (TPSA) is 37.3 Å². The molecule has 0 spiro atoms. The maximum Gasteiger partial charge on any atom is 0.167 e. The standard InChI is InChI=1S/C11H10O2.3C2H6/c12-9-6-7-10(13)11(9)8-4-2-1-3-5-8;3*1-2/h1-5,12H,6-7H2;3*1-2H3. The summed E-state index contributed by atoms with van der Waals surface area (Å²) in [7, 11) is 0. The Labute approximate surface area is 118 Å². The molecule has 1 N–H and O–H groups in total. The number of carbonyl (C=O) groups excluding carboxylic acids is 1. The predicted molar refractivity (Wildman–Crippen MR) is 84.3 cm³/mol. The van der Waals surface area contributed by atoms with E-state index in [1.54, 1.807) is 0 Å². The van der Waals surface area contributed by atoms with Crippen molar-refractivity contribution in [1.82, 2.24) is 0 Å². The molecule has 0 heterocycles. The zero-order chi connectivity index (χ0) is 15.3. The Morgan fingerprint density at radius 1 is 0.842 bits per heavy atom. The Morgan fingerprint density at radius 3 is 1.68 bits per heavy atom. The SMILES string of the molecule is CC.CC.CC.O=C1CCC(O)=C1c1ccccc1. The van der Waals surface area contributed by atoms with Gasteiger partial charge in [0.25, 0.3) is 0 Å². The van der Waals surface area contributed by atoms with Gasteiger partial charge in [0, 0.05) is 12.8 Å². The number of rotatable bonds is 1. The summed E-state index contributed by atoms with van der Waals surface area (Å²) in [6.45, 7) is 12.0. The first-order valence-corrected chi connectivity index (χ1v) is 7.30. The maximum absolute atomic E-state index is 11.4. The van der Waals surface area contributed by atoms with Crippen LogP contribution in [0.15, 0.2) is 36.1 Å². The third-order valence-electron chi connectivity index (χ3n) is 2.22. The number of hydrogen-bond acceptors (Lipinski definition) is 2. The molecule has 0 aliphatic heterocycles. The molecule has 0 radical (unpaired) electrons. The van der Waals surface area contributed by atoms with Gasteiger partial charge in [0.05, 0.1) is 5.57 Å². The van der Waals surface area contributed by atoms with E-state index in [1.807, 2.05) is 71.9 Å². The quantitative estimate of drug-likeness (QED) is 0.737. The third kappa shape index (κ3) is 6.23. The van der Waals surface area contributed by atoms with Gasteiger partial charge in [-0.25, -0.2) is 0 Å². The van der Waals surface area contributed by atoms with Crippen molar-refractivity contribution < 1.29 is 9.90 Å². The number of allylic oxidation sites excluding steroid dienone is 2. The molecular formula is C17H28O2. The molecular weight excluding hydrogens is 236 g/mol. The van der Waals surface area contributed by atoms with Crippen molar-refractivity contribution >= 4 is 11.4 Å². The van der Waals surface area contributed by atoms with Crippen molar-refractivity contribution in [2.75, 3.05) is 0 Å². The van der Waals surface area contributed by atoms with Crippen LogP contribution in [0.3, 0.4) is 0 Å². The minimum atomic E-state index is 0.0451. The molecule has 0 aromatic heterocycles. The van der Waals surface area contributed by atoms with E-state index in [2.05, 4.69) is 0 Å². The van der Waals surface area contributed by atoms with Gasteiger partial charge in [-0.1, -0.05) is 71.9 Å². The van der Waals surface area contributed by atoms with Crippen LogP contribution in [0.4, 0.5) is 0 Å². The molecule has 0 amide bonds. The number of benzene rings is 1. The Bertz CT molecular complexity index is 364. The molecule has 19 heavy (non-hydrogen) atoms. The first kappa shape index (κ1) is 19.8. The minimum Gasteiger partial charge on any atom is -0.512 e. The summed E-state index contributed by atoms with van der Waals surface area (Å²) in [6.07, 6.45) is 0.930. The highest BCUT2D eigenvalue weighted by Crippen LogP contribution is 2.28. The molecule has 1 aromatic carbocycles. The number of aliphatic hydroxyl groups excluding tert-OH is 1. The van der Waals surface area contributed by atoms with Crippen molar-refractivity contribution in [3.63, 3.8) is 0 Å². The van der Waals surface area contributed by atoms with Crippen molar-refractivity contribution in [1.29, 1.82) is 0 Å². The smallest absolute Gasteiger partial charge is 0.167 e. The zero-order valence-corrected chi connectivity index (χ0v) is 13.2. The second-order valence-corrected chi connectivity index (χ2v) is 3.11. The van der Waals surface area contributed by atoms with Crippen LogP contribution >= 0.6 is 0 Å². The molecule has 2 heteroatoms. The van der Waals surface area contributed by atoms with Crippen molar-refractivity contribution in [3.05, 3.63) is 41.7 Å². The summed E-state index contributed by atoms with van der Waals surface area (Å²) in [6, 6.07) is 9.30. The molecule has 2 nitrogen and oxygen atoms in total. The van der Waals surface area contributed by atoms with Crippen LogP contribution in [0.5, 0.6) is 0 Å². The van der Waals surface area contributed by atoms with E-state index in [1.165, 1.54) is 0 Å². The highest BCUT2D eigenvalue weighted by atomic mass is 16.3. The van der Waals surface area contributed by atoms with Crippen LogP contribution in [-0.2, 0) is 4.79 Å². The number of carbonyl (C=O) groups is 1. The van der Waals surface area contributed by atoms with Gasteiger partial charge in [0.15, 0.2) is 5.78 Å². The van der Waals surface area contributed by atoms with Crippen LogP contribution in [0.25, 0.3) is 5.57 Å².